The number of anilines is 2. The molecular weight excluding hydrogens is 204 g/mol. The van der Waals surface area contributed by atoms with E-state index >= 15 is 0 Å². The average Bonchev–Trinajstić information content (AvgIpc) is 2.29. The zero-order valence-corrected chi connectivity index (χ0v) is 8.93. The topological polar surface area (TPSA) is 86.2 Å². The van der Waals surface area contributed by atoms with Gasteiger partial charge < -0.3 is 15.7 Å². The minimum Gasteiger partial charge on any atom is -0.395 e. The number of aliphatic hydroxyl groups is 1. The number of hydrogen-bond donors (Lipinski definition) is 2. The Kier molecular flexibility index (Phi) is 2.93. The van der Waals surface area contributed by atoms with E-state index in [-0.39, 0.29) is 6.10 Å². The van der Waals surface area contributed by atoms with E-state index in [4.69, 9.17) is 11.0 Å². The molecule has 1 fully saturated rings. The first kappa shape index (κ1) is 10.7. The standard InChI is InChI=1S/C11H14N4O/c12-6-8-3-4-14-11(10(8)13)15-5-1-2-9(16)7-15/h3-4,9,16H,1-2,5,7,13H2. The molecule has 0 aromatic carbocycles. The van der Waals surface area contributed by atoms with Crippen LogP contribution in [-0.2, 0) is 0 Å². The molecule has 2 heterocycles. The Morgan fingerprint density at radius 3 is 3.12 bits per heavy atom. The Hall–Kier alpha value is -1.80. The van der Waals surface area contributed by atoms with Gasteiger partial charge in [-0.3, -0.25) is 0 Å². The SMILES string of the molecule is N#Cc1ccnc(N2CCCC(O)C2)c1N. The monoisotopic (exact) mass is 218 g/mol. The van der Waals surface area contributed by atoms with E-state index in [2.05, 4.69) is 4.98 Å². The highest BCUT2D eigenvalue weighted by atomic mass is 16.3. The maximum absolute atomic E-state index is 9.58. The normalized spacial score (nSPS) is 20.5. The Morgan fingerprint density at radius 2 is 2.44 bits per heavy atom. The molecule has 1 aromatic rings. The fourth-order valence-corrected chi connectivity index (χ4v) is 1.96. The van der Waals surface area contributed by atoms with Gasteiger partial charge in [0, 0.05) is 19.3 Å². The van der Waals surface area contributed by atoms with Crippen LogP contribution in [0.1, 0.15) is 18.4 Å². The van der Waals surface area contributed by atoms with Crippen molar-refractivity contribution in [2.75, 3.05) is 23.7 Å². The third-order valence-electron chi connectivity index (χ3n) is 2.79. The number of aromatic nitrogens is 1. The molecule has 84 valence electrons. The summed E-state index contributed by atoms with van der Waals surface area (Å²) in [5, 5.41) is 18.5. The lowest BCUT2D eigenvalue weighted by Gasteiger charge is -2.31. The van der Waals surface area contributed by atoms with Crippen LogP contribution < -0.4 is 10.6 Å². The first-order chi connectivity index (χ1) is 7.72. The van der Waals surface area contributed by atoms with Crippen molar-refractivity contribution in [3.05, 3.63) is 17.8 Å². The third-order valence-corrected chi connectivity index (χ3v) is 2.79. The molecule has 0 radical (unpaired) electrons. The summed E-state index contributed by atoms with van der Waals surface area (Å²) in [6, 6.07) is 3.63. The maximum atomic E-state index is 9.58. The van der Waals surface area contributed by atoms with Crippen molar-refractivity contribution in [1.82, 2.24) is 4.98 Å². The molecule has 0 saturated carbocycles. The van der Waals surface area contributed by atoms with Crippen LogP contribution in [0.4, 0.5) is 11.5 Å². The van der Waals surface area contributed by atoms with Gasteiger partial charge in [-0.25, -0.2) is 4.98 Å². The van der Waals surface area contributed by atoms with E-state index in [1.165, 1.54) is 0 Å². The van der Waals surface area contributed by atoms with Crippen molar-refractivity contribution in [3.8, 4) is 6.07 Å². The number of aliphatic hydroxyl groups excluding tert-OH is 1. The summed E-state index contributed by atoms with van der Waals surface area (Å²) in [6.07, 6.45) is 2.97. The van der Waals surface area contributed by atoms with Gasteiger partial charge in [0.25, 0.3) is 0 Å². The van der Waals surface area contributed by atoms with Crippen LogP contribution in [0.25, 0.3) is 0 Å². The zero-order valence-electron chi connectivity index (χ0n) is 8.93. The predicted octanol–water partition coefficient (Wildman–Crippen LogP) is 0.497. The minimum absolute atomic E-state index is 0.333. The van der Waals surface area contributed by atoms with Crippen molar-refractivity contribution in [1.29, 1.82) is 5.26 Å². The molecule has 1 aliphatic heterocycles. The van der Waals surface area contributed by atoms with E-state index in [0.29, 0.717) is 23.6 Å². The summed E-state index contributed by atoms with van der Waals surface area (Å²) in [5.41, 5.74) is 6.70. The smallest absolute Gasteiger partial charge is 0.153 e. The molecule has 16 heavy (non-hydrogen) atoms. The van der Waals surface area contributed by atoms with Gasteiger partial charge in [-0.2, -0.15) is 5.26 Å². The van der Waals surface area contributed by atoms with Gasteiger partial charge in [0.05, 0.1) is 17.4 Å². The average molecular weight is 218 g/mol. The van der Waals surface area contributed by atoms with Crippen LogP contribution in [0.2, 0.25) is 0 Å². The van der Waals surface area contributed by atoms with Gasteiger partial charge in [-0.1, -0.05) is 0 Å². The molecule has 3 N–H and O–H groups in total. The second-order valence-electron chi connectivity index (χ2n) is 3.95. The maximum Gasteiger partial charge on any atom is 0.153 e. The van der Waals surface area contributed by atoms with Crippen molar-refractivity contribution in [3.63, 3.8) is 0 Å². The highest BCUT2D eigenvalue weighted by Gasteiger charge is 2.21. The van der Waals surface area contributed by atoms with Crippen molar-refractivity contribution in [2.45, 2.75) is 18.9 Å². The third kappa shape index (κ3) is 1.92. The van der Waals surface area contributed by atoms with Crippen LogP contribution in [0.5, 0.6) is 0 Å². The Morgan fingerprint density at radius 1 is 1.62 bits per heavy atom. The Bertz CT molecular complexity index is 426. The molecule has 5 heteroatoms. The molecule has 2 rings (SSSR count). The Labute approximate surface area is 94.1 Å². The number of hydrogen-bond acceptors (Lipinski definition) is 5. The van der Waals surface area contributed by atoms with Gasteiger partial charge in [-0.05, 0) is 18.9 Å². The van der Waals surface area contributed by atoms with Crippen LogP contribution in [0.15, 0.2) is 12.3 Å². The molecular formula is C11H14N4O. The molecule has 1 unspecified atom stereocenters. The number of rotatable bonds is 1. The predicted molar refractivity (Wildman–Crippen MR) is 60.8 cm³/mol. The first-order valence-corrected chi connectivity index (χ1v) is 5.30. The molecule has 1 aliphatic rings. The molecule has 0 aliphatic carbocycles. The van der Waals surface area contributed by atoms with Gasteiger partial charge in [0.1, 0.15) is 6.07 Å². The molecule has 0 bridgehead atoms. The summed E-state index contributed by atoms with van der Waals surface area (Å²) >= 11 is 0. The largest absolute Gasteiger partial charge is 0.395 e. The molecule has 0 spiro atoms. The van der Waals surface area contributed by atoms with Gasteiger partial charge in [0.2, 0.25) is 0 Å². The lowest BCUT2D eigenvalue weighted by molar-refractivity contribution is 0.154. The highest BCUT2D eigenvalue weighted by molar-refractivity contribution is 5.70. The van der Waals surface area contributed by atoms with Crippen molar-refractivity contribution >= 4 is 11.5 Å². The lowest BCUT2D eigenvalue weighted by atomic mass is 10.1. The second-order valence-corrected chi connectivity index (χ2v) is 3.95. The quantitative estimate of drug-likeness (QED) is 0.716. The Balaban J connectivity index is 2.30. The summed E-state index contributed by atoms with van der Waals surface area (Å²) < 4.78 is 0. The van der Waals surface area contributed by atoms with Gasteiger partial charge >= 0.3 is 0 Å². The first-order valence-electron chi connectivity index (χ1n) is 5.30. The number of nitrogen functional groups attached to an aromatic ring is 1. The van der Waals surface area contributed by atoms with Gasteiger partial charge in [-0.15, -0.1) is 0 Å². The van der Waals surface area contributed by atoms with Crippen LogP contribution in [0, 0.1) is 11.3 Å². The number of piperidine rings is 1. The fraction of sp³-hybridized carbons (Fsp3) is 0.455. The number of nitrogens with zero attached hydrogens (tertiary/aromatic N) is 3. The number of nitriles is 1. The number of nitrogens with two attached hydrogens (primary N) is 1. The zero-order chi connectivity index (χ0) is 11.5. The minimum atomic E-state index is -0.333. The molecule has 1 atom stereocenters. The van der Waals surface area contributed by atoms with E-state index in [1.54, 1.807) is 12.3 Å². The van der Waals surface area contributed by atoms with Crippen LogP contribution in [-0.4, -0.2) is 29.3 Å². The van der Waals surface area contributed by atoms with Crippen molar-refractivity contribution < 1.29 is 5.11 Å². The van der Waals surface area contributed by atoms with Crippen molar-refractivity contribution in [2.24, 2.45) is 0 Å². The number of β-amino-alcohol motifs (C(OH)–C–C–N with tert-alkyl or cyclic N) is 1. The van der Waals surface area contributed by atoms with E-state index < -0.39 is 0 Å². The lowest BCUT2D eigenvalue weighted by Crippen LogP contribution is -2.39. The highest BCUT2D eigenvalue weighted by Crippen LogP contribution is 2.26. The van der Waals surface area contributed by atoms with E-state index in [9.17, 15) is 5.11 Å². The number of pyridine rings is 1. The molecule has 1 aromatic heterocycles. The molecule has 0 amide bonds. The van der Waals surface area contributed by atoms with Gasteiger partial charge in [0.15, 0.2) is 5.82 Å². The summed E-state index contributed by atoms with van der Waals surface area (Å²) in [7, 11) is 0. The summed E-state index contributed by atoms with van der Waals surface area (Å²) in [6.45, 7) is 1.36. The summed E-state index contributed by atoms with van der Waals surface area (Å²) in [4.78, 5) is 6.12. The molecule has 1 saturated heterocycles. The second kappa shape index (κ2) is 4.37. The van der Waals surface area contributed by atoms with E-state index in [0.717, 1.165) is 19.4 Å². The van der Waals surface area contributed by atoms with Crippen LogP contribution >= 0.6 is 0 Å². The van der Waals surface area contributed by atoms with E-state index in [1.807, 2.05) is 11.0 Å². The fourth-order valence-electron chi connectivity index (χ4n) is 1.96. The van der Waals surface area contributed by atoms with Crippen LogP contribution in [0.3, 0.4) is 0 Å². The molecule has 5 nitrogen and oxygen atoms in total. The summed E-state index contributed by atoms with van der Waals surface area (Å²) in [5.74, 6) is 0.609.